The fourth-order valence-electron chi connectivity index (χ4n) is 6.16. The molecule has 0 saturated heterocycles. The van der Waals surface area contributed by atoms with E-state index in [1.165, 1.54) is 99.8 Å². The zero-order valence-corrected chi connectivity index (χ0v) is 35.3. The van der Waals surface area contributed by atoms with Gasteiger partial charge in [0.15, 0.2) is 0 Å². The molecule has 0 aliphatic heterocycles. The van der Waals surface area contributed by atoms with Crippen LogP contribution in [-0.4, -0.2) is 15.7 Å². The predicted molar refractivity (Wildman–Crippen MR) is 224 cm³/mol. The van der Waals surface area contributed by atoms with Gasteiger partial charge in [-0.2, -0.15) is 12.1 Å². The van der Waals surface area contributed by atoms with Crippen LogP contribution in [0.5, 0.6) is 0 Å². The fraction of sp³-hybridized carbons (Fsp3) is 0.114. The topological polar surface area (TPSA) is 0 Å². The van der Waals surface area contributed by atoms with Crippen LogP contribution in [0.1, 0.15) is 11.1 Å². The van der Waals surface area contributed by atoms with Gasteiger partial charge in [-0.25, -0.2) is 0 Å². The summed E-state index contributed by atoms with van der Waals surface area (Å²) in [6.45, 7) is 14.2. The van der Waals surface area contributed by atoms with Gasteiger partial charge in [-0.15, -0.1) is 93.9 Å². The monoisotopic (exact) mass is 788 g/mol. The van der Waals surface area contributed by atoms with Gasteiger partial charge in [0.05, 0.1) is 0 Å². The first kappa shape index (κ1) is 42.1. The molecule has 0 spiro atoms. The van der Waals surface area contributed by atoms with Crippen molar-refractivity contribution >= 4 is 83.6 Å². The standard InChI is InChI=1S/2C20H15.C3H9Si.CH3.2ClH.Si.Zr/c2*1-14-12-16-8-5-11-19(20(16)13-14)18-10-4-7-15-6-2-3-9-17(15)18;1-4(2)3;;;;;/h2*2-13H,1H3;1-3H3;1H3;2*1H;;/q2*-1;;-1;;;;. The van der Waals surface area contributed by atoms with E-state index in [1.54, 1.807) is 0 Å². The molecule has 5 heteroatoms. The molecule has 8 aromatic carbocycles. The van der Waals surface area contributed by atoms with Crippen LogP contribution in [0.4, 0.5) is 0 Å². The third-order valence-corrected chi connectivity index (χ3v) is 7.95. The van der Waals surface area contributed by atoms with Crippen molar-refractivity contribution in [3.63, 3.8) is 0 Å². The van der Waals surface area contributed by atoms with Crippen LogP contribution in [0.25, 0.3) is 65.3 Å². The third kappa shape index (κ3) is 10.0. The number of benzene rings is 6. The van der Waals surface area contributed by atoms with Gasteiger partial charge in [0, 0.05) is 8.80 Å². The summed E-state index contributed by atoms with van der Waals surface area (Å²) in [6, 6.07) is 52.5. The molecule has 0 unspecified atom stereocenters. The molecule has 0 aliphatic rings. The molecule has 8 rings (SSSR count). The van der Waals surface area contributed by atoms with Crippen molar-refractivity contribution in [3.8, 4) is 22.3 Å². The molecule has 49 heavy (non-hydrogen) atoms. The second-order valence-corrected chi connectivity index (χ2v) is 15.2. The van der Waals surface area contributed by atoms with Crippen molar-refractivity contribution in [2.24, 2.45) is 0 Å². The molecule has 8 aromatic rings. The second-order valence-electron chi connectivity index (χ2n) is 12.2. The Labute approximate surface area is 324 Å². The summed E-state index contributed by atoms with van der Waals surface area (Å²) in [7, 11) is 0.120. The van der Waals surface area contributed by atoms with Crippen molar-refractivity contribution in [3.05, 3.63) is 164 Å². The number of hydrogen-bond acceptors (Lipinski definition) is 0. The average Bonchev–Trinajstić information content (AvgIpc) is 3.66. The van der Waals surface area contributed by atoms with Crippen molar-refractivity contribution < 1.29 is 23.3 Å². The summed E-state index contributed by atoms with van der Waals surface area (Å²) in [6.07, 6.45) is 0. The Bertz CT molecular complexity index is 2060. The number of hydrogen-bond donors (Lipinski definition) is 0. The number of rotatable bonds is 2. The van der Waals surface area contributed by atoms with E-state index < -0.39 is 0 Å². The zero-order valence-electron chi connectivity index (χ0n) is 29.2. The van der Waals surface area contributed by atoms with Crippen LogP contribution in [0.15, 0.2) is 146 Å². The van der Waals surface area contributed by atoms with Crippen LogP contribution in [0.3, 0.4) is 0 Å². The van der Waals surface area contributed by atoms with E-state index in [-0.39, 0.29) is 41.0 Å². The molecule has 0 saturated carbocycles. The predicted octanol–water partition coefficient (Wildman–Crippen LogP) is 13.7. The summed E-state index contributed by atoms with van der Waals surface area (Å²) < 4.78 is 0. The zero-order chi connectivity index (χ0) is 32.6. The summed E-state index contributed by atoms with van der Waals surface area (Å²) in [5.74, 6) is 0. The van der Waals surface area contributed by atoms with Crippen molar-refractivity contribution in [2.45, 2.75) is 33.5 Å². The Morgan fingerprint density at radius 3 is 1.10 bits per heavy atom. The maximum absolute atomic E-state index is 3.06. The Hall–Kier alpha value is -3.04. The fourth-order valence-corrected chi connectivity index (χ4v) is 6.16. The summed E-state index contributed by atoms with van der Waals surface area (Å²) in [5, 5.41) is 10.6. The molecule has 0 fully saturated rings. The van der Waals surface area contributed by atoms with Crippen LogP contribution in [-0.2, 0) is 23.3 Å². The first-order valence-electron chi connectivity index (χ1n) is 15.7. The molecule has 0 nitrogen and oxygen atoms in total. The summed E-state index contributed by atoms with van der Waals surface area (Å²) in [5.41, 5.74) is 7.94. The minimum atomic E-state index is 0. The molecular formula is C44H44Cl2Si2Zr-3. The Kier molecular flexibility index (Phi) is 17.2. The van der Waals surface area contributed by atoms with Crippen molar-refractivity contribution in [1.29, 1.82) is 0 Å². The molecule has 0 bridgehead atoms. The normalized spacial score (nSPS) is 9.98. The summed E-state index contributed by atoms with van der Waals surface area (Å²) >= 11 is 1.36. The van der Waals surface area contributed by atoms with Gasteiger partial charge < -0.3 is 7.43 Å². The van der Waals surface area contributed by atoms with Crippen LogP contribution < -0.4 is 0 Å². The van der Waals surface area contributed by atoms with Crippen LogP contribution in [0, 0.1) is 21.3 Å². The van der Waals surface area contributed by atoms with E-state index in [0.29, 0.717) is 0 Å². The molecule has 0 aliphatic carbocycles. The molecule has 0 N–H and O–H groups in total. The molecule has 0 atom stereocenters. The van der Waals surface area contributed by atoms with Gasteiger partial charge in [-0.3, -0.25) is 0 Å². The summed E-state index contributed by atoms with van der Waals surface area (Å²) in [4.78, 5) is 0. The molecule has 0 aromatic heterocycles. The maximum atomic E-state index is 3.06. The van der Waals surface area contributed by atoms with Gasteiger partial charge in [-0.1, -0.05) is 142 Å². The van der Waals surface area contributed by atoms with E-state index >= 15 is 0 Å². The van der Waals surface area contributed by atoms with E-state index in [2.05, 4.69) is 186 Å². The first-order valence-corrected chi connectivity index (χ1v) is 22.9. The Balaban J connectivity index is 0.000000279. The van der Waals surface area contributed by atoms with Crippen LogP contribution >= 0.6 is 24.8 Å². The quantitative estimate of drug-likeness (QED) is 0.121. The molecule has 3 radical (unpaired) electrons. The minimum absolute atomic E-state index is 0. The third-order valence-electron chi connectivity index (χ3n) is 7.95. The SMILES string of the molecule is C[Si](C)C.Cc1cc2c(-c3cccc4ccccc34)cccc2[cH-]1.Cc1cc2c(-c3cccc4ccccc34)cccc2[cH-]1.Cl.Cl.[CH3-].[Si]=[Zr]. The molecule has 249 valence electrons. The van der Waals surface area contributed by atoms with Gasteiger partial charge in [0.2, 0.25) is 0 Å². The number of aryl methyl sites for hydroxylation is 2. The van der Waals surface area contributed by atoms with E-state index in [1.807, 2.05) is 0 Å². The van der Waals surface area contributed by atoms with E-state index in [9.17, 15) is 0 Å². The van der Waals surface area contributed by atoms with Crippen molar-refractivity contribution in [1.82, 2.24) is 0 Å². The van der Waals surface area contributed by atoms with E-state index in [0.717, 1.165) is 0 Å². The van der Waals surface area contributed by atoms with E-state index in [4.69, 9.17) is 0 Å². The van der Waals surface area contributed by atoms with Crippen LogP contribution in [0.2, 0.25) is 19.6 Å². The molecular weight excluding hydrogens is 747 g/mol. The number of halogens is 2. The van der Waals surface area contributed by atoms with Gasteiger partial charge in [0.25, 0.3) is 0 Å². The van der Waals surface area contributed by atoms with Gasteiger partial charge in [-0.05, 0) is 32.7 Å². The first-order chi connectivity index (χ1) is 22.4. The van der Waals surface area contributed by atoms with Gasteiger partial charge >= 0.3 is 30.2 Å². The van der Waals surface area contributed by atoms with Crippen molar-refractivity contribution in [2.75, 3.05) is 0 Å². The molecule has 0 heterocycles. The number of fused-ring (bicyclic) bond motifs is 4. The average molecular weight is 791 g/mol. The van der Waals surface area contributed by atoms with Gasteiger partial charge in [0.1, 0.15) is 0 Å². The Morgan fingerprint density at radius 1 is 0.449 bits per heavy atom. The second kappa shape index (κ2) is 20.0. The molecule has 0 amide bonds. The Morgan fingerprint density at radius 2 is 0.735 bits per heavy atom.